The summed E-state index contributed by atoms with van der Waals surface area (Å²) in [5.41, 5.74) is 0.593. The lowest BCUT2D eigenvalue weighted by molar-refractivity contribution is -0.117. The van der Waals surface area contributed by atoms with Gasteiger partial charge in [0, 0.05) is 5.69 Å². The van der Waals surface area contributed by atoms with Gasteiger partial charge < -0.3 is 14.2 Å². The fourth-order valence-corrected chi connectivity index (χ4v) is 2.69. The van der Waals surface area contributed by atoms with Crippen LogP contribution < -0.4 is 5.32 Å². The van der Waals surface area contributed by atoms with E-state index in [0.717, 1.165) is 11.5 Å². The van der Waals surface area contributed by atoms with Crippen LogP contribution in [0.5, 0.6) is 0 Å². The molecule has 0 aliphatic heterocycles. The van der Waals surface area contributed by atoms with Gasteiger partial charge in [-0.15, -0.1) is 0 Å². The number of rotatable bonds is 7. The number of carbonyl (C=O) groups is 1. The fraction of sp³-hybridized carbons (Fsp3) is 0.167. The molecule has 1 amide bonds. The summed E-state index contributed by atoms with van der Waals surface area (Å²) in [7, 11) is 0. The Morgan fingerprint density at radius 2 is 1.60 bits per heavy atom. The lowest BCUT2D eigenvalue weighted by Crippen LogP contribution is -2.32. The van der Waals surface area contributed by atoms with E-state index in [1.807, 2.05) is 29.2 Å². The highest BCUT2D eigenvalue weighted by Gasteiger charge is 2.15. The van der Waals surface area contributed by atoms with Gasteiger partial charge in [0.1, 0.15) is 11.5 Å². The first-order valence-electron chi connectivity index (χ1n) is 7.62. The summed E-state index contributed by atoms with van der Waals surface area (Å²) < 4.78 is 10.8. The summed E-state index contributed by atoms with van der Waals surface area (Å²) in [5.74, 6) is 1.37. The van der Waals surface area contributed by atoms with Gasteiger partial charge in [-0.2, -0.15) is 0 Å². The number of benzene rings is 1. The van der Waals surface area contributed by atoms with Crippen LogP contribution in [0.3, 0.4) is 0 Å². The Bertz CT molecular complexity index is 781. The molecule has 0 aliphatic rings. The maximum Gasteiger partial charge on any atom is 0.238 e. The number of furan rings is 2. The third kappa shape index (κ3) is 5.13. The predicted molar refractivity (Wildman–Crippen MR) is 96.6 cm³/mol. The van der Waals surface area contributed by atoms with Crippen LogP contribution >= 0.6 is 23.2 Å². The second kappa shape index (κ2) is 8.25. The van der Waals surface area contributed by atoms with E-state index < -0.39 is 0 Å². The molecule has 0 radical (unpaired) electrons. The van der Waals surface area contributed by atoms with Crippen LogP contribution in [0.25, 0.3) is 0 Å². The Hall–Kier alpha value is -2.21. The van der Waals surface area contributed by atoms with Crippen LogP contribution in [0.15, 0.2) is 63.8 Å². The molecule has 2 heterocycles. The molecule has 7 heteroatoms. The van der Waals surface area contributed by atoms with Crippen molar-refractivity contribution < 1.29 is 13.6 Å². The molecule has 0 atom stereocenters. The van der Waals surface area contributed by atoms with E-state index in [0.29, 0.717) is 28.8 Å². The number of hydrogen-bond donors (Lipinski definition) is 1. The highest BCUT2D eigenvalue weighted by Crippen LogP contribution is 2.25. The molecule has 1 N–H and O–H groups in total. The van der Waals surface area contributed by atoms with E-state index in [-0.39, 0.29) is 12.5 Å². The standard InChI is InChI=1S/C18H16Cl2N2O3/c19-16-6-5-13(9-17(16)20)21-18(23)12-22(10-14-3-1-7-24-14)11-15-4-2-8-25-15/h1-9H,10-12H2,(H,21,23). The summed E-state index contributed by atoms with van der Waals surface area (Å²) in [6, 6.07) is 12.3. The highest BCUT2D eigenvalue weighted by atomic mass is 35.5. The fourth-order valence-electron chi connectivity index (χ4n) is 2.39. The molecule has 25 heavy (non-hydrogen) atoms. The van der Waals surface area contributed by atoms with Crippen molar-refractivity contribution in [3.8, 4) is 0 Å². The molecule has 2 aromatic heterocycles. The maximum absolute atomic E-state index is 12.4. The lowest BCUT2D eigenvalue weighted by atomic mass is 10.3. The zero-order valence-corrected chi connectivity index (χ0v) is 14.8. The third-order valence-electron chi connectivity index (χ3n) is 3.49. The van der Waals surface area contributed by atoms with Crippen molar-refractivity contribution >= 4 is 34.8 Å². The van der Waals surface area contributed by atoms with E-state index in [4.69, 9.17) is 32.0 Å². The number of nitrogens with zero attached hydrogens (tertiary/aromatic N) is 1. The molecule has 0 saturated carbocycles. The summed E-state index contributed by atoms with van der Waals surface area (Å²) >= 11 is 11.9. The van der Waals surface area contributed by atoms with Gasteiger partial charge in [0.25, 0.3) is 0 Å². The quantitative estimate of drug-likeness (QED) is 0.640. The average Bonchev–Trinajstić information content (AvgIpc) is 3.25. The van der Waals surface area contributed by atoms with Gasteiger partial charge >= 0.3 is 0 Å². The molecule has 0 fully saturated rings. The molecule has 3 aromatic rings. The molecule has 0 aliphatic carbocycles. The molecule has 5 nitrogen and oxygen atoms in total. The van der Waals surface area contributed by atoms with E-state index >= 15 is 0 Å². The second-order valence-electron chi connectivity index (χ2n) is 5.48. The summed E-state index contributed by atoms with van der Waals surface area (Å²) in [6.45, 7) is 1.15. The molecule has 3 rings (SSSR count). The molecule has 0 spiro atoms. The predicted octanol–water partition coefficient (Wildman–Crippen LogP) is 4.82. The zero-order valence-electron chi connectivity index (χ0n) is 13.2. The number of anilines is 1. The van der Waals surface area contributed by atoms with E-state index in [1.165, 1.54) is 0 Å². The van der Waals surface area contributed by atoms with Crippen molar-refractivity contribution in [2.75, 3.05) is 11.9 Å². The summed E-state index contributed by atoms with van der Waals surface area (Å²) in [6.07, 6.45) is 3.21. The average molecular weight is 379 g/mol. The third-order valence-corrected chi connectivity index (χ3v) is 4.23. The van der Waals surface area contributed by atoms with E-state index in [1.54, 1.807) is 30.7 Å². The van der Waals surface area contributed by atoms with Gasteiger partial charge in [0.2, 0.25) is 5.91 Å². The SMILES string of the molecule is O=C(CN(Cc1ccco1)Cc1ccco1)Nc1ccc(Cl)c(Cl)c1. The first-order chi connectivity index (χ1) is 12.1. The van der Waals surface area contributed by atoms with Gasteiger partial charge in [-0.1, -0.05) is 23.2 Å². The Labute approximate surface area is 155 Å². The van der Waals surface area contributed by atoms with Crippen LogP contribution in [0, 0.1) is 0 Å². The number of carbonyl (C=O) groups excluding carboxylic acids is 1. The van der Waals surface area contributed by atoms with E-state index in [2.05, 4.69) is 5.32 Å². The van der Waals surface area contributed by atoms with Crippen molar-refractivity contribution in [1.29, 1.82) is 0 Å². The van der Waals surface area contributed by atoms with Crippen molar-refractivity contribution in [3.63, 3.8) is 0 Å². The minimum absolute atomic E-state index is 0.168. The monoisotopic (exact) mass is 378 g/mol. The number of halogens is 2. The molecule has 130 valence electrons. The van der Waals surface area contributed by atoms with E-state index in [9.17, 15) is 4.79 Å². The van der Waals surface area contributed by atoms with Crippen molar-refractivity contribution in [2.24, 2.45) is 0 Å². The first-order valence-corrected chi connectivity index (χ1v) is 8.38. The Morgan fingerprint density at radius 3 is 2.12 bits per heavy atom. The molecule has 0 bridgehead atoms. The number of hydrogen-bond acceptors (Lipinski definition) is 4. The maximum atomic E-state index is 12.4. The Morgan fingerprint density at radius 1 is 0.960 bits per heavy atom. The van der Waals surface area contributed by atoms with Gasteiger partial charge in [0.05, 0.1) is 42.2 Å². The van der Waals surface area contributed by atoms with Crippen LogP contribution in [-0.4, -0.2) is 17.4 Å². The summed E-state index contributed by atoms with van der Waals surface area (Å²) in [5, 5.41) is 3.65. The second-order valence-corrected chi connectivity index (χ2v) is 6.30. The van der Waals surface area contributed by atoms with Crippen molar-refractivity contribution in [2.45, 2.75) is 13.1 Å². The number of amides is 1. The van der Waals surface area contributed by atoms with Crippen LogP contribution in [0.1, 0.15) is 11.5 Å². The summed E-state index contributed by atoms with van der Waals surface area (Å²) in [4.78, 5) is 14.3. The number of nitrogens with one attached hydrogen (secondary N) is 1. The highest BCUT2D eigenvalue weighted by molar-refractivity contribution is 6.42. The van der Waals surface area contributed by atoms with Crippen LogP contribution in [0.4, 0.5) is 5.69 Å². The van der Waals surface area contributed by atoms with Gasteiger partial charge in [-0.05, 0) is 42.5 Å². The lowest BCUT2D eigenvalue weighted by Gasteiger charge is -2.19. The largest absolute Gasteiger partial charge is 0.468 e. The minimum atomic E-state index is -0.170. The molecule has 0 saturated heterocycles. The zero-order chi connectivity index (χ0) is 17.6. The minimum Gasteiger partial charge on any atom is -0.468 e. The van der Waals surface area contributed by atoms with Crippen molar-refractivity contribution in [1.82, 2.24) is 4.90 Å². The first kappa shape index (κ1) is 17.6. The molecular weight excluding hydrogens is 363 g/mol. The van der Waals surface area contributed by atoms with Gasteiger partial charge in [0.15, 0.2) is 0 Å². The topological polar surface area (TPSA) is 58.6 Å². The van der Waals surface area contributed by atoms with Crippen molar-refractivity contribution in [3.05, 3.63) is 76.6 Å². The van der Waals surface area contributed by atoms with Crippen LogP contribution in [0.2, 0.25) is 10.0 Å². The normalized spacial score (nSPS) is 11.0. The smallest absolute Gasteiger partial charge is 0.238 e. The molecular formula is C18H16Cl2N2O3. The Balaban J connectivity index is 1.65. The Kier molecular flexibility index (Phi) is 5.81. The molecule has 0 unspecified atom stereocenters. The van der Waals surface area contributed by atoms with Crippen LogP contribution in [-0.2, 0) is 17.9 Å². The van der Waals surface area contributed by atoms with Gasteiger partial charge in [-0.3, -0.25) is 9.69 Å². The van der Waals surface area contributed by atoms with Gasteiger partial charge in [-0.25, -0.2) is 0 Å². The molecule has 1 aromatic carbocycles.